The van der Waals surface area contributed by atoms with Gasteiger partial charge in [-0.3, -0.25) is 14.9 Å². The monoisotopic (exact) mass is 266 g/mol. The molecule has 1 rings (SSSR count). The first-order valence-electron chi connectivity index (χ1n) is 6.12. The highest BCUT2D eigenvalue weighted by atomic mass is 16.6. The molecule has 0 spiro atoms. The van der Waals surface area contributed by atoms with Crippen LogP contribution < -0.4 is 5.73 Å². The van der Waals surface area contributed by atoms with E-state index in [9.17, 15) is 14.9 Å². The molecule has 0 heterocycles. The summed E-state index contributed by atoms with van der Waals surface area (Å²) in [7, 11) is 0. The van der Waals surface area contributed by atoms with E-state index in [4.69, 9.17) is 10.8 Å². The number of nitrogens with two attached hydrogens (primary N) is 1. The Balaban J connectivity index is 2.43. The number of non-ortho nitro benzene ring substituents is 1. The van der Waals surface area contributed by atoms with Gasteiger partial charge in [0.25, 0.3) is 5.69 Å². The third-order valence-corrected chi connectivity index (χ3v) is 3.03. The smallest absolute Gasteiger partial charge is 0.306 e. The van der Waals surface area contributed by atoms with Crippen molar-refractivity contribution < 1.29 is 14.8 Å². The molecule has 1 aromatic rings. The molecule has 0 bridgehead atoms. The highest BCUT2D eigenvalue weighted by Gasteiger charge is 2.15. The van der Waals surface area contributed by atoms with Gasteiger partial charge in [-0.1, -0.05) is 19.1 Å². The molecule has 6 heteroatoms. The van der Waals surface area contributed by atoms with Crippen molar-refractivity contribution in [1.82, 2.24) is 0 Å². The van der Waals surface area contributed by atoms with Crippen LogP contribution in [0.3, 0.4) is 0 Å². The fourth-order valence-electron chi connectivity index (χ4n) is 1.81. The number of aryl methyl sites for hydroxylation is 1. The minimum absolute atomic E-state index is 0.0625. The molecule has 0 aliphatic rings. The molecule has 0 fully saturated rings. The van der Waals surface area contributed by atoms with E-state index in [0.29, 0.717) is 19.3 Å². The number of benzene rings is 1. The van der Waals surface area contributed by atoms with Gasteiger partial charge in [-0.2, -0.15) is 0 Å². The van der Waals surface area contributed by atoms with Crippen molar-refractivity contribution in [3.63, 3.8) is 0 Å². The molecule has 0 unspecified atom stereocenters. The lowest BCUT2D eigenvalue weighted by Crippen LogP contribution is -2.26. The summed E-state index contributed by atoms with van der Waals surface area (Å²) in [6.07, 6.45) is 1.78. The van der Waals surface area contributed by atoms with Gasteiger partial charge in [0.15, 0.2) is 0 Å². The predicted octanol–water partition coefficient (Wildman–Crippen LogP) is 1.97. The van der Waals surface area contributed by atoms with Crippen LogP contribution in [0, 0.1) is 16.0 Å². The Morgan fingerprint density at radius 2 is 2.00 bits per heavy atom. The third-order valence-electron chi connectivity index (χ3n) is 3.03. The van der Waals surface area contributed by atoms with Gasteiger partial charge < -0.3 is 10.8 Å². The van der Waals surface area contributed by atoms with Crippen LogP contribution in [-0.4, -0.2) is 22.0 Å². The SMILES string of the molecule is C[C@@H](C[C@@H](N)CCc1ccc([N+](=O)[O-])cc1)C(=O)O. The maximum absolute atomic E-state index is 10.7. The van der Waals surface area contributed by atoms with Gasteiger partial charge in [0.2, 0.25) is 0 Å². The van der Waals surface area contributed by atoms with Gasteiger partial charge in [-0.25, -0.2) is 0 Å². The van der Waals surface area contributed by atoms with E-state index in [2.05, 4.69) is 0 Å². The largest absolute Gasteiger partial charge is 0.481 e. The molecule has 0 saturated carbocycles. The average Bonchev–Trinajstić information content (AvgIpc) is 2.36. The number of rotatable bonds is 7. The van der Waals surface area contributed by atoms with Crippen molar-refractivity contribution in [3.8, 4) is 0 Å². The lowest BCUT2D eigenvalue weighted by molar-refractivity contribution is -0.384. The summed E-state index contributed by atoms with van der Waals surface area (Å²) < 4.78 is 0. The van der Waals surface area contributed by atoms with Crippen molar-refractivity contribution in [2.24, 2.45) is 11.7 Å². The van der Waals surface area contributed by atoms with E-state index in [1.165, 1.54) is 12.1 Å². The Labute approximate surface area is 111 Å². The van der Waals surface area contributed by atoms with Crippen LogP contribution in [0.1, 0.15) is 25.3 Å². The van der Waals surface area contributed by atoms with Crippen molar-refractivity contribution in [2.75, 3.05) is 0 Å². The van der Waals surface area contributed by atoms with Crippen LogP contribution >= 0.6 is 0 Å². The molecule has 0 saturated heterocycles. The second-order valence-electron chi connectivity index (χ2n) is 4.70. The van der Waals surface area contributed by atoms with Gasteiger partial charge in [-0.05, 0) is 24.8 Å². The normalized spacial score (nSPS) is 13.8. The molecule has 1 aromatic carbocycles. The Bertz CT molecular complexity index is 444. The van der Waals surface area contributed by atoms with Crippen LogP contribution in [0.5, 0.6) is 0 Å². The van der Waals surface area contributed by atoms with E-state index >= 15 is 0 Å². The zero-order chi connectivity index (χ0) is 14.4. The van der Waals surface area contributed by atoms with E-state index in [1.807, 2.05) is 0 Å². The molecule has 104 valence electrons. The summed E-state index contributed by atoms with van der Waals surface area (Å²) in [5.41, 5.74) is 6.89. The van der Waals surface area contributed by atoms with E-state index in [1.54, 1.807) is 19.1 Å². The van der Waals surface area contributed by atoms with Gasteiger partial charge in [-0.15, -0.1) is 0 Å². The maximum Gasteiger partial charge on any atom is 0.306 e. The first kappa shape index (κ1) is 15.1. The van der Waals surface area contributed by atoms with E-state index in [0.717, 1.165) is 5.56 Å². The molecular formula is C13H18N2O4. The van der Waals surface area contributed by atoms with Crippen LogP contribution in [0.15, 0.2) is 24.3 Å². The Hall–Kier alpha value is -1.95. The number of nitro benzene ring substituents is 1. The molecule has 6 nitrogen and oxygen atoms in total. The van der Waals surface area contributed by atoms with Gasteiger partial charge in [0, 0.05) is 18.2 Å². The zero-order valence-electron chi connectivity index (χ0n) is 10.8. The second-order valence-corrected chi connectivity index (χ2v) is 4.70. The van der Waals surface area contributed by atoms with Gasteiger partial charge >= 0.3 is 5.97 Å². The summed E-state index contributed by atoms with van der Waals surface area (Å²) in [5.74, 6) is -1.29. The molecule has 0 aliphatic carbocycles. The summed E-state index contributed by atoms with van der Waals surface area (Å²) in [4.78, 5) is 20.7. The minimum atomic E-state index is -0.842. The second kappa shape index (κ2) is 6.84. The Morgan fingerprint density at radius 3 is 2.47 bits per heavy atom. The molecule has 0 amide bonds. The van der Waals surface area contributed by atoms with Crippen LogP contribution in [0.2, 0.25) is 0 Å². The van der Waals surface area contributed by atoms with Gasteiger partial charge in [0.05, 0.1) is 10.8 Å². The van der Waals surface area contributed by atoms with Crippen molar-refractivity contribution in [1.29, 1.82) is 0 Å². The third kappa shape index (κ3) is 5.05. The molecule has 0 aromatic heterocycles. The standard InChI is InChI=1S/C13H18N2O4/c1-9(13(16)17)8-11(14)5-2-10-3-6-12(7-4-10)15(18)19/h3-4,6-7,9,11H,2,5,8,14H2,1H3,(H,16,17)/t9-,11-/m0/s1. The highest BCUT2D eigenvalue weighted by molar-refractivity contribution is 5.69. The predicted molar refractivity (Wildman–Crippen MR) is 70.8 cm³/mol. The minimum Gasteiger partial charge on any atom is -0.481 e. The topological polar surface area (TPSA) is 106 Å². The number of carboxylic acids is 1. The number of carboxylic acid groups (broad SMARTS) is 1. The summed E-state index contributed by atoms with van der Waals surface area (Å²) in [6, 6.07) is 6.14. The number of hydrogen-bond acceptors (Lipinski definition) is 4. The van der Waals surface area contributed by atoms with Crippen LogP contribution in [-0.2, 0) is 11.2 Å². The summed E-state index contributed by atoms with van der Waals surface area (Å²) >= 11 is 0. The number of nitro groups is 1. The highest BCUT2D eigenvalue weighted by Crippen LogP contribution is 2.15. The molecule has 0 radical (unpaired) electrons. The maximum atomic E-state index is 10.7. The summed E-state index contributed by atoms with van der Waals surface area (Å²) in [5, 5.41) is 19.3. The Kier molecular flexibility index (Phi) is 5.44. The first-order chi connectivity index (χ1) is 8.90. The van der Waals surface area contributed by atoms with Crippen molar-refractivity contribution in [3.05, 3.63) is 39.9 Å². The van der Waals surface area contributed by atoms with E-state index < -0.39 is 16.8 Å². The number of carbonyl (C=O) groups is 1. The lowest BCUT2D eigenvalue weighted by Gasteiger charge is -2.14. The number of aliphatic carboxylic acids is 1. The molecular weight excluding hydrogens is 248 g/mol. The Morgan fingerprint density at radius 1 is 1.42 bits per heavy atom. The first-order valence-corrected chi connectivity index (χ1v) is 6.12. The zero-order valence-corrected chi connectivity index (χ0v) is 10.8. The quantitative estimate of drug-likeness (QED) is 0.579. The fourth-order valence-corrected chi connectivity index (χ4v) is 1.81. The lowest BCUT2D eigenvalue weighted by atomic mass is 9.97. The van der Waals surface area contributed by atoms with Crippen molar-refractivity contribution >= 4 is 11.7 Å². The van der Waals surface area contributed by atoms with Gasteiger partial charge in [0.1, 0.15) is 0 Å². The average molecular weight is 266 g/mol. The van der Waals surface area contributed by atoms with Crippen LogP contribution in [0.25, 0.3) is 0 Å². The van der Waals surface area contributed by atoms with E-state index in [-0.39, 0.29) is 11.7 Å². The molecule has 3 N–H and O–H groups in total. The number of nitrogens with zero attached hydrogens (tertiary/aromatic N) is 1. The number of hydrogen-bond donors (Lipinski definition) is 2. The van der Waals surface area contributed by atoms with Crippen molar-refractivity contribution in [2.45, 2.75) is 32.2 Å². The molecule has 19 heavy (non-hydrogen) atoms. The van der Waals surface area contributed by atoms with Crippen LogP contribution in [0.4, 0.5) is 5.69 Å². The molecule has 2 atom stereocenters. The summed E-state index contributed by atoms with van der Waals surface area (Å²) in [6.45, 7) is 1.63. The molecule has 0 aliphatic heterocycles. The fraction of sp³-hybridized carbons (Fsp3) is 0.462.